The van der Waals surface area contributed by atoms with Gasteiger partial charge in [0.1, 0.15) is 12.3 Å². The second kappa shape index (κ2) is 8.70. The molecule has 1 aromatic heterocycles. The summed E-state index contributed by atoms with van der Waals surface area (Å²) in [4.78, 5) is 38.5. The van der Waals surface area contributed by atoms with Crippen molar-refractivity contribution >= 4 is 22.6 Å². The van der Waals surface area contributed by atoms with Gasteiger partial charge in [-0.2, -0.15) is 0 Å². The zero-order valence-electron chi connectivity index (χ0n) is 15.5. The molecule has 144 valence electrons. The number of methoxy groups -OCH3 is 1. The van der Waals surface area contributed by atoms with Gasteiger partial charge in [0.2, 0.25) is 5.91 Å². The summed E-state index contributed by atoms with van der Waals surface area (Å²) in [6.45, 7) is 1.31. The molecular weight excluding hydrogens is 348 g/mol. The Hall–Kier alpha value is -2.83. The van der Waals surface area contributed by atoms with Crippen LogP contribution in [0.1, 0.15) is 25.7 Å². The molecule has 7 heteroatoms. The van der Waals surface area contributed by atoms with E-state index in [1.54, 1.807) is 30.5 Å². The van der Waals surface area contributed by atoms with Crippen molar-refractivity contribution in [3.63, 3.8) is 0 Å². The zero-order valence-corrected chi connectivity index (χ0v) is 15.5. The normalized spacial score (nSPS) is 14.6. The highest BCUT2D eigenvalue weighted by atomic mass is 16.6. The van der Waals surface area contributed by atoms with Gasteiger partial charge in [0.05, 0.1) is 12.5 Å². The number of rotatable bonds is 5. The summed E-state index contributed by atoms with van der Waals surface area (Å²) in [6, 6.07) is 6.81. The van der Waals surface area contributed by atoms with Gasteiger partial charge in [-0.3, -0.25) is 9.59 Å². The lowest BCUT2D eigenvalue weighted by Gasteiger charge is -2.21. The lowest BCUT2D eigenvalue weighted by atomic mass is 10.1. The van der Waals surface area contributed by atoms with Crippen molar-refractivity contribution in [2.24, 2.45) is 0 Å². The fraction of sp³-hybridized carbons (Fsp3) is 0.450. The van der Waals surface area contributed by atoms with Crippen molar-refractivity contribution in [3.05, 3.63) is 40.8 Å². The fourth-order valence-corrected chi connectivity index (χ4v) is 3.30. The van der Waals surface area contributed by atoms with Crippen molar-refractivity contribution in [1.82, 2.24) is 9.47 Å². The van der Waals surface area contributed by atoms with Crippen LogP contribution in [0.5, 0.6) is 5.75 Å². The molecule has 1 amide bonds. The molecule has 0 unspecified atom stereocenters. The summed E-state index contributed by atoms with van der Waals surface area (Å²) in [6.07, 6.45) is 5.92. The number of carbonyl (C=O) groups is 2. The maximum absolute atomic E-state index is 12.8. The number of pyridine rings is 1. The molecule has 2 aromatic rings. The Labute approximate surface area is 157 Å². The third-order valence-electron chi connectivity index (χ3n) is 4.82. The number of benzene rings is 1. The molecule has 0 atom stereocenters. The van der Waals surface area contributed by atoms with Crippen molar-refractivity contribution in [2.75, 3.05) is 26.8 Å². The first kappa shape index (κ1) is 18.9. The number of carbonyl (C=O) groups excluding carboxylic acids is 2. The number of hydrogen-bond donors (Lipinski definition) is 0. The van der Waals surface area contributed by atoms with Crippen LogP contribution in [0.4, 0.5) is 0 Å². The molecule has 1 aliphatic heterocycles. The molecule has 1 fully saturated rings. The van der Waals surface area contributed by atoms with Gasteiger partial charge >= 0.3 is 5.97 Å². The van der Waals surface area contributed by atoms with Gasteiger partial charge in [0.15, 0.2) is 6.61 Å². The number of aromatic nitrogens is 1. The van der Waals surface area contributed by atoms with Crippen molar-refractivity contribution in [2.45, 2.75) is 32.2 Å². The molecule has 0 saturated carbocycles. The number of amides is 1. The molecule has 0 radical (unpaired) electrons. The average molecular weight is 372 g/mol. The lowest BCUT2D eigenvalue weighted by Crippen LogP contribution is -2.37. The van der Waals surface area contributed by atoms with Gasteiger partial charge in [0.25, 0.3) is 5.56 Å². The van der Waals surface area contributed by atoms with E-state index in [4.69, 9.17) is 4.74 Å². The molecule has 7 nitrogen and oxygen atoms in total. The standard InChI is InChI=1S/C20H24N2O5/c1-26-19(24)14-27-17-8-6-7-16-15(17)9-12-22(20(16)25)13-18(23)21-10-4-2-3-5-11-21/h6-9,12H,2-5,10-11,13-14H2,1H3. The van der Waals surface area contributed by atoms with E-state index >= 15 is 0 Å². The Bertz CT molecular complexity index is 882. The Morgan fingerprint density at radius 3 is 2.48 bits per heavy atom. The quantitative estimate of drug-likeness (QED) is 0.750. The average Bonchev–Trinajstić information content (AvgIpc) is 2.98. The zero-order chi connectivity index (χ0) is 19.2. The predicted molar refractivity (Wildman–Crippen MR) is 101 cm³/mol. The number of esters is 1. The molecule has 1 aromatic carbocycles. The first-order valence-electron chi connectivity index (χ1n) is 9.19. The third kappa shape index (κ3) is 4.48. The van der Waals surface area contributed by atoms with E-state index in [-0.39, 0.29) is 24.6 Å². The number of ether oxygens (including phenoxy) is 2. The molecule has 0 aliphatic carbocycles. The van der Waals surface area contributed by atoms with Crippen molar-refractivity contribution in [3.8, 4) is 5.75 Å². The van der Waals surface area contributed by atoms with E-state index in [1.807, 2.05) is 4.90 Å². The molecule has 0 spiro atoms. The van der Waals surface area contributed by atoms with Gasteiger partial charge in [-0.05, 0) is 31.0 Å². The summed E-state index contributed by atoms with van der Waals surface area (Å²) < 4.78 is 11.5. The van der Waals surface area contributed by atoms with E-state index < -0.39 is 5.97 Å². The third-order valence-corrected chi connectivity index (χ3v) is 4.82. The van der Waals surface area contributed by atoms with E-state index in [9.17, 15) is 14.4 Å². The van der Waals surface area contributed by atoms with Gasteiger partial charge in [-0.15, -0.1) is 0 Å². The van der Waals surface area contributed by atoms with E-state index in [2.05, 4.69) is 4.74 Å². The monoisotopic (exact) mass is 372 g/mol. The summed E-state index contributed by atoms with van der Waals surface area (Å²) in [5, 5.41) is 1.05. The van der Waals surface area contributed by atoms with Crippen LogP contribution >= 0.6 is 0 Å². The van der Waals surface area contributed by atoms with Gasteiger partial charge in [-0.25, -0.2) is 4.79 Å². The van der Waals surface area contributed by atoms with Crippen LogP contribution in [0.25, 0.3) is 10.8 Å². The fourth-order valence-electron chi connectivity index (χ4n) is 3.30. The first-order valence-corrected chi connectivity index (χ1v) is 9.19. The number of likely N-dealkylation sites (tertiary alicyclic amines) is 1. The summed E-state index contributed by atoms with van der Waals surface area (Å²) in [7, 11) is 1.29. The minimum atomic E-state index is -0.497. The maximum atomic E-state index is 12.8. The Balaban J connectivity index is 1.81. The second-order valence-corrected chi connectivity index (χ2v) is 6.63. The van der Waals surface area contributed by atoms with Gasteiger partial charge in [-0.1, -0.05) is 18.9 Å². The minimum Gasteiger partial charge on any atom is -0.481 e. The van der Waals surface area contributed by atoms with Crippen LogP contribution in [0, 0.1) is 0 Å². The highest BCUT2D eigenvalue weighted by molar-refractivity contribution is 5.88. The molecule has 1 saturated heterocycles. The van der Waals surface area contributed by atoms with Crippen LogP contribution in [-0.2, 0) is 20.9 Å². The molecular formula is C20H24N2O5. The number of hydrogen-bond acceptors (Lipinski definition) is 5. The van der Waals surface area contributed by atoms with E-state index in [1.165, 1.54) is 11.7 Å². The number of fused-ring (bicyclic) bond motifs is 1. The first-order chi connectivity index (χ1) is 13.1. The largest absolute Gasteiger partial charge is 0.481 e. The van der Waals surface area contributed by atoms with Crippen LogP contribution < -0.4 is 10.3 Å². The Morgan fingerprint density at radius 1 is 1.04 bits per heavy atom. The van der Waals surface area contributed by atoms with Crippen LogP contribution in [-0.4, -0.2) is 48.1 Å². The molecule has 3 rings (SSSR count). The smallest absolute Gasteiger partial charge is 0.343 e. The molecule has 2 heterocycles. The van der Waals surface area contributed by atoms with Gasteiger partial charge in [0, 0.05) is 24.7 Å². The molecule has 0 bridgehead atoms. The predicted octanol–water partition coefficient (Wildman–Crippen LogP) is 1.96. The highest BCUT2D eigenvalue weighted by Crippen LogP contribution is 2.23. The lowest BCUT2D eigenvalue weighted by molar-refractivity contribution is -0.142. The van der Waals surface area contributed by atoms with Crippen LogP contribution in [0.2, 0.25) is 0 Å². The summed E-state index contributed by atoms with van der Waals surface area (Å²) >= 11 is 0. The molecule has 27 heavy (non-hydrogen) atoms. The Morgan fingerprint density at radius 2 is 1.78 bits per heavy atom. The van der Waals surface area contributed by atoms with Crippen LogP contribution in [0.15, 0.2) is 35.3 Å². The molecule has 1 aliphatic rings. The highest BCUT2D eigenvalue weighted by Gasteiger charge is 2.17. The summed E-state index contributed by atoms with van der Waals surface area (Å²) in [5.74, 6) is -0.0965. The van der Waals surface area contributed by atoms with Crippen LogP contribution in [0.3, 0.4) is 0 Å². The Kier molecular flexibility index (Phi) is 6.11. The minimum absolute atomic E-state index is 0.0298. The SMILES string of the molecule is COC(=O)COc1cccc2c(=O)n(CC(=O)N3CCCCCC3)ccc12. The van der Waals surface area contributed by atoms with E-state index in [0.717, 1.165) is 38.8 Å². The second-order valence-electron chi connectivity index (χ2n) is 6.63. The van der Waals surface area contributed by atoms with Crippen molar-refractivity contribution < 1.29 is 19.1 Å². The van der Waals surface area contributed by atoms with Gasteiger partial charge < -0.3 is 18.9 Å². The number of nitrogens with zero attached hydrogens (tertiary/aromatic N) is 2. The maximum Gasteiger partial charge on any atom is 0.343 e. The topological polar surface area (TPSA) is 77.8 Å². The molecule has 0 N–H and O–H groups in total. The van der Waals surface area contributed by atoms with E-state index in [0.29, 0.717) is 16.5 Å². The van der Waals surface area contributed by atoms with Crippen molar-refractivity contribution in [1.29, 1.82) is 0 Å². The summed E-state index contributed by atoms with van der Waals surface area (Å²) in [5.41, 5.74) is -0.251.